The maximum atomic E-state index is 5.82. The fourth-order valence-corrected chi connectivity index (χ4v) is 3.14. The first-order valence-electron chi connectivity index (χ1n) is 8.45. The van der Waals surface area contributed by atoms with Gasteiger partial charge in [0.05, 0.1) is 6.10 Å². The van der Waals surface area contributed by atoms with E-state index in [0.717, 1.165) is 32.3 Å². The SMILES string of the molecule is CCN(CC1CCCO1)c1ccc(C)cc1CNC1CC1. The van der Waals surface area contributed by atoms with Crippen molar-refractivity contribution in [2.24, 2.45) is 0 Å². The Morgan fingerprint density at radius 2 is 2.14 bits per heavy atom. The van der Waals surface area contributed by atoms with Crippen LogP contribution in [0.15, 0.2) is 18.2 Å². The van der Waals surface area contributed by atoms with E-state index in [1.54, 1.807) is 0 Å². The van der Waals surface area contributed by atoms with E-state index in [1.807, 2.05) is 0 Å². The van der Waals surface area contributed by atoms with Crippen LogP contribution in [0.3, 0.4) is 0 Å². The quantitative estimate of drug-likeness (QED) is 0.833. The molecule has 1 unspecified atom stereocenters. The van der Waals surface area contributed by atoms with E-state index in [9.17, 15) is 0 Å². The Balaban J connectivity index is 1.72. The van der Waals surface area contributed by atoms with Gasteiger partial charge in [0.25, 0.3) is 0 Å². The summed E-state index contributed by atoms with van der Waals surface area (Å²) in [6.07, 6.45) is 5.52. The van der Waals surface area contributed by atoms with E-state index in [-0.39, 0.29) is 0 Å². The Labute approximate surface area is 128 Å². The first kappa shape index (κ1) is 14.9. The molecule has 1 aromatic carbocycles. The summed E-state index contributed by atoms with van der Waals surface area (Å²) in [6, 6.07) is 7.61. The topological polar surface area (TPSA) is 24.5 Å². The Bertz CT molecular complexity index is 464. The molecule has 0 spiro atoms. The van der Waals surface area contributed by atoms with Gasteiger partial charge < -0.3 is 15.0 Å². The Morgan fingerprint density at radius 3 is 2.81 bits per heavy atom. The van der Waals surface area contributed by atoms with Crippen LogP contribution in [-0.4, -0.2) is 31.8 Å². The summed E-state index contributed by atoms with van der Waals surface area (Å²) in [4.78, 5) is 2.49. The Morgan fingerprint density at radius 1 is 1.29 bits per heavy atom. The molecule has 0 radical (unpaired) electrons. The lowest BCUT2D eigenvalue weighted by Gasteiger charge is -2.28. The normalized spacial score (nSPS) is 21.7. The third-order valence-electron chi connectivity index (χ3n) is 4.56. The minimum absolute atomic E-state index is 0.412. The molecule has 0 bridgehead atoms. The van der Waals surface area contributed by atoms with Crippen molar-refractivity contribution in [3.63, 3.8) is 0 Å². The number of benzene rings is 1. The number of likely N-dealkylation sites (N-methyl/N-ethyl adjacent to an activating group) is 1. The molecule has 1 heterocycles. The molecule has 116 valence electrons. The largest absolute Gasteiger partial charge is 0.376 e. The summed E-state index contributed by atoms with van der Waals surface area (Å²) in [6.45, 7) is 8.42. The minimum Gasteiger partial charge on any atom is -0.376 e. The molecule has 1 aliphatic heterocycles. The third kappa shape index (κ3) is 3.98. The molecule has 0 aromatic heterocycles. The smallest absolute Gasteiger partial charge is 0.0750 e. The molecule has 1 atom stereocenters. The third-order valence-corrected chi connectivity index (χ3v) is 4.56. The van der Waals surface area contributed by atoms with Crippen LogP contribution in [-0.2, 0) is 11.3 Å². The minimum atomic E-state index is 0.412. The van der Waals surface area contributed by atoms with Crippen molar-refractivity contribution >= 4 is 5.69 Å². The predicted octanol–water partition coefficient (Wildman–Crippen LogP) is 3.25. The van der Waals surface area contributed by atoms with E-state index in [0.29, 0.717) is 6.10 Å². The van der Waals surface area contributed by atoms with Gasteiger partial charge >= 0.3 is 0 Å². The van der Waals surface area contributed by atoms with Gasteiger partial charge in [0, 0.05) is 38.0 Å². The average molecular weight is 288 g/mol. The molecule has 1 saturated heterocycles. The van der Waals surface area contributed by atoms with Gasteiger partial charge in [-0.2, -0.15) is 0 Å². The van der Waals surface area contributed by atoms with Crippen LogP contribution in [0.25, 0.3) is 0 Å². The summed E-state index contributed by atoms with van der Waals surface area (Å²) in [7, 11) is 0. The predicted molar refractivity (Wildman–Crippen MR) is 87.9 cm³/mol. The van der Waals surface area contributed by atoms with E-state index in [2.05, 4.69) is 42.3 Å². The van der Waals surface area contributed by atoms with Crippen molar-refractivity contribution in [2.75, 3.05) is 24.6 Å². The van der Waals surface area contributed by atoms with Crippen molar-refractivity contribution in [3.8, 4) is 0 Å². The van der Waals surface area contributed by atoms with Gasteiger partial charge in [-0.25, -0.2) is 0 Å². The van der Waals surface area contributed by atoms with Crippen molar-refractivity contribution in [3.05, 3.63) is 29.3 Å². The van der Waals surface area contributed by atoms with Gasteiger partial charge in [-0.3, -0.25) is 0 Å². The molecule has 3 rings (SSSR count). The Hall–Kier alpha value is -1.06. The lowest BCUT2D eigenvalue weighted by molar-refractivity contribution is 0.115. The summed E-state index contributed by atoms with van der Waals surface area (Å²) >= 11 is 0. The number of aryl methyl sites for hydroxylation is 1. The van der Waals surface area contributed by atoms with Crippen molar-refractivity contribution in [1.82, 2.24) is 5.32 Å². The first-order chi connectivity index (χ1) is 10.3. The van der Waals surface area contributed by atoms with Crippen LogP contribution in [0.4, 0.5) is 5.69 Å². The fourth-order valence-electron chi connectivity index (χ4n) is 3.14. The molecule has 1 N–H and O–H groups in total. The van der Waals surface area contributed by atoms with E-state index < -0.39 is 0 Å². The van der Waals surface area contributed by atoms with Crippen LogP contribution in [0.5, 0.6) is 0 Å². The molecule has 1 aliphatic carbocycles. The molecule has 3 nitrogen and oxygen atoms in total. The number of nitrogens with zero attached hydrogens (tertiary/aromatic N) is 1. The zero-order chi connectivity index (χ0) is 14.7. The highest BCUT2D eigenvalue weighted by atomic mass is 16.5. The fraction of sp³-hybridized carbons (Fsp3) is 0.667. The standard InChI is InChI=1S/C18H28N2O/c1-3-20(13-17-5-4-10-21-17)18-9-6-14(2)11-15(18)12-19-16-7-8-16/h6,9,11,16-17,19H,3-5,7-8,10,12-13H2,1-2H3. The molecule has 1 aromatic rings. The van der Waals surface area contributed by atoms with Gasteiger partial charge in [0.1, 0.15) is 0 Å². The van der Waals surface area contributed by atoms with Gasteiger partial charge in [-0.05, 0) is 51.2 Å². The van der Waals surface area contributed by atoms with Gasteiger partial charge in [-0.1, -0.05) is 17.7 Å². The second-order valence-electron chi connectivity index (χ2n) is 6.46. The maximum Gasteiger partial charge on any atom is 0.0750 e. The van der Waals surface area contributed by atoms with Crippen molar-refractivity contribution in [1.29, 1.82) is 0 Å². The average Bonchev–Trinajstić information content (AvgIpc) is 3.18. The number of hydrogen-bond donors (Lipinski definition) is 1. The zero-order valence-electron chi connectivity index (χ0n) is 13.4. The summed E-state index contributed by atoms with van der Waals surface area (Å²) in [5.41, 5.74) is 4.16. The lowest BCUT2D eigenvalue weighted by Crippen LogP contribution is -2.33. The molecule has 2 fully saturated rings. The van der Waals surface area contributed by atoms with Crippen molar-refractivity contribution < 1.29 is 4.74 Å². The first-order valence-corrected chi connectivity index (χ1v) is 8.45. The van der Waals surface area contributed by atoms with Crippen LogP contribution < -0.4 is 10.2 Å². The van der Waals surface area contributed by atoms with Crippen molar-refractivity contribution in [2.45, 2.75) is 58.2 Å². The van der Waals surface area contributed by atoms with Crippen LogP contribution in [0.1, 0.15) is 43.7 Å². The number of hydrogen-bond acceptors (Lipinski definition) is 3. The molecular formula is C18H28N2O. The maximum absolute atomic E-state index is 5.82. The Kier molecular flexibility index (Phi) is 4.81. The molecular weight excluding hydrogens is 260 g/mol. The molecule has 1 saturated carbocycles. The highest BCUT2D eigenvalue weighted by Gasteiger charge is 2.22. The molecule has 21 heavy (non-hydrogen) atoms. The van der Waals surface area contributed by atoms with Crippen LogP contribution in [0.2, 0.25) is 0 Å². The molecule has 2 aliphatic rings. The number of anilines is 1. The highest BCUT2D eigenvalue weighted by molar-refractivity contribution is 5.55. The van der Waals surface area contributed by atoms with E-state index in [1.165, 1.54) is 42.5 Å². The van der Waals surface area contributed by atoms with Gasteiger partial charge in [-0.15, -0.1) is 0 Å². The van der Waals surface area contributed by atoms with Crippen LogP contribution >= 0.6 is 0 Å². The number of rotatable bonds is 7. The number of nitrogens with one attached hydrogen (secondary N) is 1. The van der Waals surface area contributed by atoms with Crippen LogP contribution in [0, 0.1) is 6.92 Å². The van der Waals surface area contributed by atoms with Gasteiger partial charge in [0.15, 0.2) is 0 Å². The molecule has 0 amide bonds. The summed E-state index contributed by atoms with van der Waals surface area (Å²) in [5.74, 6) is 0. The van der Waals surface area contributed by atoms with Gasteiger partial charge in [0.2, 0.25) is 0 Å². The van der Waals surface area contributed by atoms with E-state index in [4.69, 9.17) is 4.74 Å². The monoisotopic (exact) mass is 288 g/mol. The highest BCUT2D eigenvalue weighted by Crippen LogP contribution is 2.26. The second kappa shape index (κ2) is 6.80. The molecule has 3 heteroatoms. The number of ether oxygens (including phenoxy) is 1. The van der Waals surface area contributed by atoms with E-state index >= 15 is 0 Å². The summed E-state index contributed by atoms with van der Waals surface area (Å²) < 4.78 is 5.82. The zero-order valence-corrected chi connectivity index (χ0v) is 13.4. The summed E-state index contributed by atoms with van der Waals surface area (Å²) in [5, 5.41) is 3.66. The lowest BCUT2D eigenvalue weighted by atomic mass is 10.1. The second-order valence-corrected chi connectivity index (χ2v) is 6.46.